The lowest BCUT2D eigenvalue weighted by atomic mass is 9.76. The van der Waals surface area contributed by atoms with E-state index in [1.807, 2.05) is 0 Å². The van der Waals surface area contributed by atoms with E-state index in [1.54, 1.807) is 0 Å². The van der Waals surface area contributed by atoms with Crippen LogP contribution < -0.4 is 0 Å². The zero-order chi connectivity index (χ0) is 11.9. The number of benzene rings is 1. The Balaban J connectivity index is 2.23. The maximum atomic E-state index is 13.3. The quantitative estimate of drug-likeness (QED) is 0.729. The molecule has 0 amide bonds. The smallest absolute Gasteiger partial charge is 0.249 e. The second-order valence-corrected chi connectivity index (χ2v) is 4.33. The van der Waals surface area contributed by atoms with Crippen LogP contribution in [0.1, 0.15) is 23.2 Å². The highest BCUT2D eigenvalue weighted by molar-refractivity contribution is 6.34. The number of hydrogen-bond acceptors (Lipinski definition) is 1. The molecule has 1 nitrogen and oxygen atoms in total. The fourth-order valence-electron chi connectivity index (χ4n) is 1.78. The molecule has 1 aromatic rings. The Bertz CT molecular complexity index is 417. The minimum Gasteiger partial charge on any atom is -0.294 e. The van der Waals surface area contributed by atoms with E-state index in [2.05, 4.69) is 0 Å². The average molecular weight is 249 g/mol. The third kappa shape index (κ3) is 1.94. The molecule has 1 aromatic carbocycles. The van der Waals surface area contributed by atoms with Crippen LogP contribution in [0.25, 0.3) is 0 Å². The molecule has 0 aliphatic heterocycles. The first-order chi connectivity index (χ1) is 7.41. The maximum absolute atomic E-state index is 13.3. The molecule has 1 aliphatic rings. The van der Waals surface area contributed by atoms with E-state index in [1.165, 1.54) is 12.1 Å². The number of carbonyl (C=O) groups excluding carboxylic acids is 1. The van der Waals surface area contributed by atoms with Crippen molar-refractivity contribution in [1.82, 2.24) is 0 Å². The van der Waals surface area contributed by atoms with Gasteiger partial charge in [-0.15, -0.1) is 0 Å². The van der Waals surface area contributed by atoms with E-state index in [0.29, 0.717) is 0 Å². The van der Waals surface area contributed by atoms with Crippen molar-refractivity contribution >= 4 is 17.4 Å². The number of ketones is 1. The van der Waals surface area contributed by atoms with Crippen molar-refractivity contribution in [3.05, 3.63) is 34.6 Å². The molecule has 2 rings (SSSR count). The van der Waals surface area contributed by atoms with Crippen LogP contribution in [0.4, 0.5) is 13.2 Å². The first-order valence-electron chi connectivity index (χ1n) is 4.77. The molecule has 16 heavy (non-hydrogen) atoms. The van der Waals surface area contributed by atoms with Gasteiger partial charge in [0.15, 0.2) is 5.78 Å². The highest BCUT2D eigenvalue weighted by Gasteiger charge is 2.49. The van der Waals surface area contributed by atoms with Crippen molar-refractivity contribution < 1.29 is 18.0 Å². The average Bonchev–Trinajstić information content (AvgIpc) is 2.13. The summed E-state index contributed by atoms with van der Waals surface area (Å²) in [6, 6.07) is 3.83. The Hall–Kier alpha value is -1.03. The number of Topliss-reactive ketones (excluding diaryl/α,β-unsaturated/α-hetero) is 1. The molecule has 0 heterocycles. The van der Waals surface area contributed by atoms with Crippen LogP contribution in [-0.2, 0) is 0 Å². The number of alkyl halides is 2. The summed E-state index contributed by atoms with van der Waals surface area (Å²) in [7, 11) is 0. The Morgan fingerprint density at radius 3 is 2.50 bits per heavy atom. The van der Waals surface area contributed by atoms with Gasteiger partial charge in [0.1, 0.15) is 5.82 Å². The lowest BCUT2D eigenvalue weighted by Gasteiger charge is -2.33. The summed E-state index contributed by atoms with van der Waals surface area (Å²) in [5, 5.41) is -0.0276. The predicted octanol–water partition coefficient (Wildman–Crippen LogP) is 3.71. The maximum Gasteiger partial charge on any atom is 0.249 e. The van der Waals surface area contributed by atoms with Crippen molar-refractivity contribution in [3.63, 3.8) is 0 Å². The topological polar surface area (TPSA) is 17.1 Å². The highest BCUT2D eigenvalue weighted by Crippen LogP contribution is 2.44. The summed E-state index contributed by atoms with van der Waals surface area (Å²) in [5.74, 6) is -5.00. The van der Waals surface area contributed by atoms with Gasteiger partial charge in [-0.3, -0.25) is 4.79 Å². The van der Waals surface area contributed by atoms with E-state index in [0.717, 1.165) is 6.07 Å². The van der Waals surface area contributed by atoms with Crippen LogP contribution in [0.15, 0.2) is 18.2 Å². The van der Waals surface area contributed by atoms with E-state index in [9.17, 15) is 18.0 Å². The molecule has 1 fully saturated rings. The number of rotatable bonds is 2. The summed E-state index contributed by atoms with van der Waals surface area (Å²) in [6.45, 7) is 0. The normalized spacial score (nSPS) is 19.2. The Morgan fingerprint density at radius 1 is 1.38 bits per heavy atom. The first-order valence-corrected chi connectivity index (χ1v) is 5.14. The Morgan fingerprint density at radius 2 is 2.00 bits per heavy atom. The molecule has 5 heteroatoms. The van der Waals surface area contributed by atoms with Gasteiger partial charge in [-0.1, -0.05) is 17.7 Å². The number of halogens is 4. The molecule has 0 unspecified atom stereocenters. The summed E-state index contributed by atoms with van der Waals surface area (Å²) < 4.78 is 38.5. The number of carbonyl (C=O) groups is 1. The van der Waals surface area contributed by atoms with Crippen molar-refractivity contribution in [2.75, 3.05) is 0 Å². The molecule has 0 radical (unpaired) electrons. The molecule has 0 spiro atoms. The molecule has 0 atom stereocenters. The van der Waals surface area contributed by atoms with Gasteiger partial charge in [0.2, 0.25) is 5.92 Å². The Kier molecular flexibility index (Phi) is 2.70. The summed E-state index contributed by atoms with van der Waals surface area (Å²) in [4.78, 5) is 11.7. The highest BCUT2D eigenvalue weighted by atomic mass is 35.5. The monoisotopic (exact) mass is 248 g/mol. The van der Waals surface area contributed by atoms with E-state index in [-0.39, 0.29) is 10.6 Å². The lowest BCUT2D eigenvalue weighted by molar-refractivity contribution is -0.0982. The van der Waals surface area contributed by atoms with E-state index < -0.39 is 36.3 Å². The van der Waals surface area contributed by atoms with Crippen LogP contribution in [0.3, 0.4) is 0 Å². The molecule has 1 saturated carbocycles. The van der Waals surface area contributed by atoms with Gasteiger partial charge >= 0.3 is 0 Å². The van der Waals surface area contributed by atoms with Crippen molar-refractivity contribution in [2.45, 2.75) is 18.8 Å². The molecular formula is C11H8ClF3O. The molecule has 0 N–H and O–H groups in total. The second kappa shape index (κ2) is 3.77. The van der Waals surface area contributed by atoms with Crippen molar-refractivity contribution in [3.8, 4) is 0 Å². The van der Waals surface area contributed by atoms with Gasteiger partial charge in [-0.05, 0) is 12.1 Å². The minimum absolute atomic E-state index is 0.0276. The van der Waals surface area contributed by atoms with Gasteiger partial charge in [0, 0.05) is 18.8 Å². The number of hydrogen-bond donors (Lipinski definition) is 0. The summed E-state index contributed by atoms with van der Waals surface area (Å²) >= 11 is 5.67. The van der Waals surface area contributed by atoms with Gasteiger partial charge in [-0.25, -0.2) is 13.2 Å². The van der Waals surface area contributed by atoms with Gasteiger partial charge < -0.3 is 0 Å². The van der Waals surface area contributed by atoms with Gasteiger partial charge in [-0.2, -0.15) is 0 Å². The van der Waals surface area contributed by atoms with Gasteiger partial charge in [0.05, 0.1) is 10.6 Å². The lowest BCUT2D eigenvalue weighted by Crippen LogP contribution is -2.40. The molecule has 0 bridgehead atoms. The van der Waals surface area contributed by atoms with Crippen LogP contribution in [0.5, 0.6) is 0 Å². The third-order valence-corrected chi connectivity index (χ3v) is 2.99. The predicted molar refractivity (Wildman–Crippen MR) is 53.4 cm³/mol. The molecule has 86 valence electrons. The molecule has 0 aromatic heterocycles. The van der Waals surface area contributed by atoms with Crippen LogP contribution in [0, 0.1) is 11.7 Å². The van der Waals surface area contributed by atoms with E-state index in [4.69, 9.17) is 11.6 Å². The molecular weight excluding hydrogens is 241 g/mol. The fourth-order valence-corrected chi connectivity index (χ4v) is 2.04. The largest absolute Gasteiger partial charge is 0.294 e. The second-order valence-electron chi connectivity index (χ2n) is 3.92. The zero-order valence-electron chi connectivity index (χ0n) is 8.14. The molecule has 1 aliphatic carbocycles. The van der Waals surface area contributed by atoms with E-state index >= 15 is 0 Å². The fraction of sp³-hybridized carbons (Fsp3) is 0.364. The zero-order valence-corrected chi connectivity index (χ0v) is 8.90. The van der Waals surface area contributed by atoms with Gasteiger partial charge in [0.25, 0.3) is 0 Å². The minimum atomic E-state index is -2.79. The van der Waals surface area contributed by atoms with Crippen LogP contribution in [0.2, 0.25) is 5.02 Å². The summed E-state index contributed by atoms with van der Waals surface area (Å²) in [5.41, 5.74) is -0.273. The van der Waals surface area contributed by atoms with Crippen molar-refractivity contribution in [1.29, 1.82) is 0 Å². The summed E-state index contributed by atoms with van der Waals surface area (Å²) in [6.07, 6.45) is -1.03. The van der Waals surface area contributed by atoms with Crippen LogP contribution in [-0.4, -0.2) is 11.7 Å². The van der Waals surface area contributed by atoms with Crippen LogP contribution >= 0.6 is 11.6 Å². The first kappa shape index (κ1) is 11.5. The Labute approximate surface area is 95.2 Å². The van der Waals surface area contributed by atoms with Crippen molar-refractivity contribution in [2.24, 2.45) is 5.92 Å². The third-order valence-electron chi connectivity index (χ3n) is 2.67. The SMILES string of the molecule is O=C(c1c(F)cccc1Cl)C1CC(F)(F)C1. The standard InChI is InChI=1S/C11H8ClF3O/c12-7-2-1-3-8(13)9(7)10(16)6-4-11(14,15)5-6/h1-3,6H,4-5H2. The molecule has 0 saturated heterocycles.